The van der Waals surface area contributed by atoms with Crippen LogP contribution in [-0.2, 0) is 6.54 Å². The Hall–Kier alpha value is -0.900. The van der Waals surface area contributed by atoms with Crippen molar-refractivity contribution in [3.05, 3.63) is 12.4 Å². The van der Waals surface area contributed by atoms with Crippen LogP contribution in [0.4, 0.5) is 0 Å². The van der Waals surface area contributed by atoms with Crippen LogP contribution in [0.1, 0.15) is 32.1 Å². The molecular formula is C12H20N4. The second-order valence-corrected chi connectivity index (χ2v) is 5.13. The monoisotopic (exact) mass is 220 g/mol. The van der Waals surface area contributed by atoms with Gasteiger partial charge in [-0.2, -0.15) is 0 Å². The molecule has 1 aromatic rings. The summed E-state index contributed by atoms with van der Waals surface area (Å²) in [6.45, 7) is 3.69. The van der Waals surface area contributed by atoms with Gasteiger partial charge in [0.1, 0.15) is 0 Å². The zero-order valence-electron chi connectivity index (χ0n) is 9.76. The van der Waals surface area contributed by atoms with Gasteiger partial charge in [-0.25, -0.2) is 0 Å². The quantitative estimate of drug-likeness (QED) is 0.758. The van der Waals surface area contributed by atoms with E-state index in [0.717, 1.165) is 18.5 Å². The summed E-state index contributed by atoms with van der Waals surface area (Å²) in [5, 5.41) is 7.99. The average molecular weight is 220 g/mol. The third kappa shape index (κ3) is 1.98. The first kappa shape index (κ1) is 10.3. The molecular weight excluding hydrogens is 200 g/mol. The average Bonchev–Trinajstić information content (AvgIpc) is 2.82. The molecule has 16 heavy (non-hydrogen) atoms. The number of hydrogen-bond acceptors (Lipinski definition) is 3. The van der Waals surface area contributed by atoms with Gasteiger partial charge in [-0.1, -0.05) is 11.6 Å². The van der Waals surface area contributed by atoms with Crippen molar-refractivity contribution >= 4 is 0 Å². The van der Waals surface area contributed by atoms with Crippen molar-refractivity contribution in [2.75, 3.05) is 13.1 Å². The van der Waals surface area contributed by atoms with Gasteiger partial charge < -0.3 is 4.90 Å². The maximum atomic E-state index is 4.10. The molecule has 2 atom stereocenters. The molecule has 2 saturated heterocycles. The van der Waals surface area contributed by atoms with Crippen LogP contribution < -0.4 is 0 Å². The van der Waals surface area contributed by atoms with E-state index in [1.54, 1.807) is 6.20 Å². The van der Waals surface area contributed by atoms with E-state index >= 15 is 0 Å². The molecule has 0 radical (unpaired) electrons. The maximum Gasteiger partial charge on any atom is 0.0692 e. The minimum atomic E-state index is 0.788. The van der Waals surface area contributed by atoms with Gasteiger partial charge in [-0.3, -0.25) is 4.68 Å². The first-order valence-corrected chi connectivity index (χ1v) is 6.51. The second kappa shape index (κ2) is 4.53. The van der Waals surface area contributed by atoms with Crippen molar-refractivity contribution < 1.29 is 0 Å². The molecule has 0 aromatic carbocycles. The predicted octanol–water partition coefficient (Wildman–Crippen LogP) is 1.54. The molecule has 3 heterocycles. The molecule has 88 valence electrons. The summed E-state index contributed by atoms with van der Waals surface area (Å²) in [6, 6.07) is 0.812. The lowest BCUT2D eigenvalue weighted by molar-refractivity contribution is 0.0501. The molecule has 2 aliphatic rings. The minimum Gasteiger partial charge on any atom is -0.300 e. The zero-order chi connectivity index (χ0) is 10.8. The molecule has 0 aliphatic carbocycles. The number of piperidine rings is 2. The highest BCUT2D eigenvalue weighted by Gasteiger charge is 2.32. The number of aromatic nitrogens is 3. The van der Waals surface area contributed by atoms with Crippen molar-refractivity contribution in [3.8, 4) is 0 Å². The summed E-state index contributed by atoms with van der Waals surface area (Å²) in [7, 11) is 0. The third-order valence-corrected chi connectivity index (χ3v) is 4.12. The van der Waals surface area contributed by atoms with Gasteiger partial charge >= 0.3 is 0 Å². The van der Waals surface area contributed by atoms with Crippen LogP contribution in [-0.4, -0.2) is 39.0 Å². The smallest absolute Gasteiger partial charge is 0.0692 e. The molecule has 3 rings (SSSR count). The van der Waals surface area contributed by atoms with Gasteiger partial charge in [-0.15, -0.1) is 5.10 Å². The Bertz CT molecular complexity index is 320. The highest BCUT2D eigenvalue weighted by Crippen LogP contribution is 2.31. The van der Waals surface area contributed by atoms with E-state index in [0.29, 0.717) is 0 Å². The third-order valence-electron chi connectivity index (χ3n) is 4.12. The number of rotatable bonds is 2. The van der Waals surface area contributed by atoms with Crippen LogP contribution in [0.2, 0.25) is 0 Å². The van der Waals surface area contributed by atoms with Crippen molar-refractivity contribution in [2.45, 2.75) is 44.7 Å². The van der Waals surface area contributed by atoms with Gasteiger partial charge in [0.15, 0.2) is 0 Å². The van der Waals surface area contributed by atoms with E-state index in [-0.39, 0.29) is 0 Å². The lowest BCUT2D eigenvalue weighted by Crippen LogP contribution is -2.49. The van der Waals surface area contributed by atoms with Crippen LogP contribution in [0.3, 0.4) is 0 Å². The van der Waals surface area contributed by atoms with Crippen molar-refractivity contribution in [3.63, 3.8) is 0 Å². The molecule has 1 aromatic heterocycles. The van der Waals surface area contributed by atoms with Gasteiger partial charge in [-0.05, 0) is 44.7 Å². The van der Waals surface area contributed by atoms with Crippen molar-refractivity contribution in [2.24, 2.45) is 5.92 Å². The summed E-state index contributed by atoms with van der Waals surface area (Å²) >= 11 is 0. The summed E-state index contributed by atoms with van der Waals surface area (Å²) in [4.78, 5) is 2.70. The summed E-state index contributed by atoms with van der Waals surface area (Å²) in [5.41, 5.74) is 0. The number of fused-ring (bicyclic) bond motifs is 1. The van der Waals surface area contributed by atoms with Crippen LogP contribution >= 0.6 is 0 Å². The fraction of sp³-hybridized carbons (Fsp3) is 0.833. The lowest BCUT2D eigenvalue weighted by Gasteiger charge is -2.44. The largest absolute Gasteiger partial charge is 0.300 e. The van der Waals surface area contributed by atoms with Gasteiger partial charge in [0, 0.05) is 18.8 Å². The van der Waals surface area contributed by atoms with Gasteiger partial charge in [0.05, 0.1) is 6.20 Å². The summed E-state index contributed by atoms with van der Waals surface area (Å²) in [5.74, 6) is 0.788. The van der Waals surface area contributed by atoms with Crippen LogP contribution in [0.15, 0.2) is 12.4 Å². The molecule has 0 amide bonds. The standard InChI is InChI=1S/C12H20N4/c1-2-7-15-8-3-4-11(12(15)5-1)10-16-9-6-13-14-16/h6,9,11-12H,1-5,7-8,10H2/t11-,12+/m0/s1. The van der Waals surface area contributed by atoms with Gasteiger partial charge in [0.2, 0.25) is 0 Å². The first-order chi connectivity index (χ1) is 7.93. The molecule has 4 nitrogen and oxygen atoms in total. The first-order valence-electron chi connectivity index (χ1n) is 6.51. The molecule has 2 fully saturated rings. The second-order valence-electron chi connectivity index (χ2n) is 5.13. The van der Waals surface area contributed by atoms with E-state index in [9.17, 15) is 0 Å². The molecule has 4 heteroatoms. The minimum absolute atomic E-state index is 0.788. The maximum absolute atomic E-state index is 4.10. The molecule has 0 N–H and O–H groups in total. The van der Waals surface area contributed by atoms with E-state index < -0.39 is 0 Å². The van der Waals surface area contributed by atoms with Crippen molar-refractivity contribution in [1.82, 2.24) is 19.9 Å². The van der Waals surface area contributed by atoms with Gasteiger partial charge in [0.25, 0.3) is 0 Å². The molecule has 2 aliphatic heterocycles. The molecule has 0 saturated carbocycles. The fourth-order valence-corrected chi connectivity index (χ4v) is 3.36. The predicted molar refractivity (Wildman–Crippen MR) is 62.0 cm³/mol. The Balaban J connectivity index is 1.68. The van der Waals surface area contributed by atoms with E-state index in [1.807, 2.05) is 10.9 Å². The fourth-order valence-electron chi connectivity index (χ4n) is 3.36. The Morgan fingerprint density at radius 1 is 1.12 bits per heavy atom. The van der Waals surface area contributed by atoms with Crippen LogP contribution in [0.5, 0.6) is 0 Å². The Kier molecular flexibility index (Phi) is 2.91. The number of nitrogens with zero attached hydrogens (tertiary/aromatic N) is 4. The van der Waals surface area contributed by atoms with Crippen LogP contribution in [0.25, 0.3) is 0 Å². The topological polar surface area (TPSA) is 34.0 Å². The van der Waals surface area contributed by atoms with E-state index in [4.69, 9.17) is 0 Å². The highest BCUT2D eigenvalue weighted by molar-refractivity contribution is 4.87. The number of hydrogen-bond donors (Lipinski definition) is 0. The lowest BCUT2D eigenvalue weighted by atomic mass is 9.83. The normalized spacial score (nSPS) is 31.2. The van der Waals surface area contributed by atoms with Crippen LogP contribution in [0, 0.1) is 5.92 Å². The van der Waals surface area contributed by atoms with Crippen molar-refractivity contribution in [1.29, 1.82) is 0 Å². The SMILES string of the molecule is c1cn(C[C@@H]2CCCN3CCCC[C@H]23)nn1. The van der Waals surface area contributed by atoms with E-state index in [2.05, 4.69) is 15.2 Å². The zero-order valence-corrected chi connectivity index (χ0v) is 9.76. The summed E-state index contributed by atoms with van der Waals surface area (Å²) < 4.78 is 2.00. The molecule has 0 unspecified atom stereocenters. The summed E-state index contributed by atoms with van der Waals surface area (Å²) in [6.07, 6.45) is 10.7. The van der Waals surface area contributed by atoms with E-state index in [1.165, 1.54) is 45.2 Å². The highest BCUT2D eigenvalue weighted by atomic mass is 15.4. The molecule has 0 spiro atoms. The Morgan fingerprint density at radius 3 is 2.94 bits per heavy atom. The molecule has 0 bridgehead atoms. The Labute approximate surface area is 96.6 Å². The Morgan fingerprint density at radius 2 is 2.06 bits per heavy atom.